The summed E-state index contributed by atoms with van der Waals surface area (Å²) >= 11 is 2.70. The first-order valence-corrected chi connectivity index (χ1v) is 11.5. The minimum absolute atomic E-state index is 0.231. The summed E-state index contributed by atoms with van der Waals surface area (Å²) in [5, 5.41) is 5.72. The van der Waals surface area contributed by atoms with Crippen LogP contribution in [-0.4, -0.2) is 46.6 Å². The van der Waals surface area contributed by atoms with E-state index in [-0.39, 0.29) is 24.3 Å². The van der Waals surface area contributed by atoms with Gasteiger partial charge in [0.1, 0.15) is 15.6 Å². The Labute approximate surface area is 188 Å². The Balaban J connectivity index is 1.95. The number of nitrogens with zero attached hydrogens (tertiary/aromatic N) is 2. The summed E-state index contributed by atoms with van der Waals surface area (Å²) in [6, 6.07) is 0. The molecular formula is C21H25N3O5S2. The average Bonchev–Trinajstić information content (AvgIpc) is 3.30. The highest BCUT2D eigenvalue weighted by molar-refractivity contribution is 7.18. The van der Waals surface area contributed by atoms with Crippen LogP contribution in [0.5, 0.6) is 0 Å². The van der Waals surface area contributed by atoms with Gasteiger partial charge in [-0.1, -0.05) is 6.58 Å². The molecule has 2 amide bonds. The number of hydrogen-bond acceptors (Lipinski definition) is 8. The van der Waals surface area contributed by atoms with Crippen LogP contribution in [0.4, 0.5) is 9.80 Å². The van der Waals surface area contributed by atoms with Crippen molar-refractivity contribution >= 4 is 45.6 Å². The van der Waals surface area contributed by atoms with E-state index in [0.29, 0.717) is 29.5 Å². The second-order valence-corrected chi connectivity index (χ2v) is 9.77. The van der Waals surface area contributed by atoms with Crippen molar-refractivity contribution in [3.63, 3.8) is 0 Å². The molecule has 1 N–H and O–H groups in total. The van der Waals surface area contributed by atoms with E-state index in [2.05, 4.69) is 16.9 Å². The average molecular weight is 464 g/mol. The molecule has 166 valence electrons. The standard InChI is InChI=1S/C21H25N3O5S2/c1-6-15(25)23-18-16(17-22-13(11-30-17)19(26)28-7-2)12-8-9-24(10-14(12)31-18)20(27)29-21(3,4)5/h6,11H,1,7-10H2,2-5H3,(H,23,25). The highest BCUT2D eigenvalue weighted by Crippen LogP contribution is 2.44. The van der Waals surface area contributed by atoms with E-state index in [1.54, 1.807) is 17.2 Å². The van der Waals surface area contributed by atoms with Crippen LogP contribution in [-0.2, 0) is 27.2 Å². The number of esters is 1. The predicted molar refractivity (Wildman–Crippen MR) is 121 cm³/mol. The number of hydrogen-bond donors (Lipinski definition) is 1. The predicted octanol–water partition coefficient (Wildman–Crippen LogP) is 4.47. The number of rotatable bonds is 5. The third-order valence-corrected chi connectivity index (χ3v) is 6.33. The lowest BCUT2D eigenvalue weighted by Crippen LogP contribution is -2.39. The lowest BCUT2D eigenvalue weighted by Gasteiger charge is -2.30. The van der Waals surface area contributed by atoms with Crippen molar-refractivity contribution in [3.05, 3.63) is 34.2 Å². The van der Waals surface area contributed by atoms with Gasteiger partial charge in [0.25, 0.3) is 0 Å². The van der Waals surface area contributed by atoms with Crippen LogP contribution in [0.15, 0.2) is 18.0 Å². The Kier molecular flexibility index (Phi) is 6.80. The van der Waals surface area contributed by atoms with E-state index in [0.717, 1.165) is 16.0 Å². The topological polar surface area (TPSA) is 97.8 Å². The number of amides is 2. The van der Waals surface area contributed by atoms with Crippen LogP contribution in [0, 0.1) is 0 Å². The molecule has 0 saturated heterocycles. The van der Waals surface area contributed by atoms with Crippen molar-refractivity contribution in [2.75, 3.05) is 18.5 Å². The van der Waals surface area contributed by atoms with Gasteiger partial charge in [0.2, 0.25) is 5.91 Å². The molecular weight excluding hydrogens is 438 g/mol. The van der Waals surface area contributed by atoms with Gasteiger partial charge in [0.05, 0.1) is 13.2 Å². The molecule has 1 aliphatic rings. The molecule has 0 saturated carbocycles. The molecule has 0 atom stereocenters. The van der Waals surface area contributed by atoms with Gasteiger partial charge in [0, 0.05) is 22.4 Å². The smallest absolute Gasteiger partial charge is 0.410 e. The summed E-state index contributed by atoms with van der Waals surface area (Å²) in [5.74, 6) is -0.826. The number of aromatic nitrogens is 1. The van der Waals surface area contributed by atoms with Crippen LogP contribution >= 0.6 is 22.7 Å². The summed E-state index contributed by atoms with van der Waals surface area (Å²) in [7, 11) is 0. The molecule has 3 rings (SSSR count). The van der Waals surface area contributed by atoms with Gasteiger partial charge in [-0.2, -0.15) is 0 Å². The van der Waals surface area contributed by atoms with Gasteiger partial charge in [-0.15, -0.1) is 22.7 Å². The number of anilines is 1. The summed E-state index contributed by atoms with van der Waals surface area (Å²) in [5.41, 5.74) is 1.44. The number of thiazole rings is 1. The molecule has 0 aliphatic carbocycles. The maximum absolute atomic E-state index is 12.5. The Morgan fingerprint density at radius 2 is 2.10 bits per heavy atom. The highest BCUT2D eigenvalue weighted by atomic mass is 32.1. The van der Waals surface area contributed by atoms with Crippen molar-refractivity contribution in [2.45, 2.75) is 46.3 Å². The molecule has 3 heterocycles. The molecule has 0 spiro atoms. The lowest BCUT2D eigenvalue weighted by atomic mass is 10.0. The molecule has 0 unspecified atom stereocenters. The fourth-order valence-corrected chi connectivity index (χ4v) is 5.25. The monoisotopic (exact) mass is 463 g/mol. The molecule has 8 nitrogen and oxygen atoms in total. The van der Waals surface area contributed by atoms with Gasteiger partial charge in [-0.25, -0.2) is 14.6 Å². The van der Waals surface area contributed by atoms with Crippen molar-refractivity contribution in [3.8, 4) is 10.6 Å². The molecule has 31 heavy (non-hydrogen) atoms. The zero-order chi connectivity index (χ0) is 22.8. The molecule has 0 fully saturated rings. The first kappa shape index (κ1) is 23.0. The van der Waals surface area contributed by atoms with Gasteiger partial charge < -0.3 is 19.7 Å². The van der Waals surface area contributed by atoms with Crippen LogP contribution in [0.1, 0.15) is 48.6 Å². The third-order valence-electron chi connectivity index (χ3n) is 4.33. The summed E-state index contributed by atoms with van der Waals surface area (Å²) < 4.78 is 10.5. The molecule has 10 heteroatoms. The van der Waals surface area contributed by atoms with Gasteiger partial charge in [0.15, 0.2) is 5.69 Å². The Hall–Kier alpha value is -2.72. The lowest BCUT2D eigenvalue weighted by molar-refractivity contribution is -0.111. The van der Waals surface area contributed by atoms with E-state index in [4.69, 9.17) is 9.47 Å². The number of fused-ring (bicyclic) bond motifs is 1. The summed E-state index contributed by atoms with van der Waals surface area (Å²) in [4.78, 5) is 43.6. The first-order chi connectivity index (χ1) is 14.6. The SMILES string of the molecule is C=CC(=O)Nc1sc2c(c1-c1nc(C(=O)OCC)cs1)CCN(C(=O)OC(C)(C)C)C2. The number of thiophene rings is 1. The fourth-order valence-electron chi connectivity index (χ4n) is 3.05. The second kappa shape index (κ2) is 9.19. The normalized spacial score (nSPS) is 13.4. The van der Waals surface area contributed by atoms with E-state index >= 15 is 0 Å². The van der Waals surface area contributed by atoms with Crippen LogP contribution in [0.2, 0.25) is 0 Å². The van der Waals surface area contributed by atoms with Crippen molar-refractivity contribution in [1.82, 2.24) is 9.88 Å². The molecule has 0 radical (unpaired) electrons. The van der Waals surface area contributed by atoms with Crippen molar-refractivity contribution < 1.29 is 23.9 Å². The number of nitrogens with one attached hydrogen (secondary N) is 1. The molecule has 2 aromatic heterocycles. The molecule has 0 aromatic carbocycles. The number of carbonyl (C=O) groups excluding carboxylic acids is 3. The maximum Gasteiger partial charge on any atom is 0.410 e. The minimum atomic E-state index is -0.578. The van der Waals surface area contributed by atoms with Crippen LogP contribution in [0.25, 0.3) is 10.6 Å². The van der Waals surface area contributed by atoms with Gasteiger partial charge in [-0.3, -0.25) is 4.79 Å². The molecule has 0 bridgehead atoms. The highest BCUT2D eigenvalue weighted by Gasteiger charge is 2.31. The van der Waals surface area contributed by atoms with E-state index in [1.807, 2.05) is 20.8 Å². The zero-order valence-corrected chi connectivity index (χ0v) is 19.6. The van der Waals surface area contributed by atoms with E-state index in [9.17, 15) is 14.4 Å². The Morgan fingerprint density at radius 3 is 2.74 bits per heavy atom. The zero-order valence-electron chi connectivity index (χ0n) is 17.9. The maximum atomic E-state index is 12.5. The minimum Gasteiger partial charge on any atom is -0.461 e. The molecule has 1 aliphatic heterocycles. The van der Waals surface area contributed by atoms with Gasteiger partial charge in [-0.05, 0) is 45.8 Å². The van der Waals surface area contributed by atoms with Crippen molar-refractivity contribution in [2.24, 2.45) is 0 Å². The van der Waals surface area contributed by atoms with E-state index in [1.165, 1.54) is 28.7 Å². The molecule has 2 aromatic rings. The Morgan fingerprint density at radius 1 is 1.35 bits per heavy atom. The summed E-state index contributed by atoms with van der Waals surface area (Å²) in [6.45, 7) is 11.9. The Bertz CT molecular complexity index is 1020. The number of carbonyl (C=O) groups is 3. The fraction of sp³-hybridized carbons (Fsp3) is 0.429. The number of ether oxygens (including phenoxy) is 2. The second-order valence-electron chi connectivity index (χ2n) is 7.81. The van der Waals surface area contributed by atoms with Crippen LogP contribution in [0.3, 0.4) is 0 Å². The van der Waals surface area contributed by atoms with Crippen LogP contribution < -0.4 is 5.32 Å². The quantitative estimate of drug-likeness (QED) is 0.519. The first-order valence-electron chi connectivity index (χ1n) is 9.81. The summed E-state index contributed by atoms with van der Waals surface area (Å²) in [6.07, 6.45) is 1.41. The third kappa shape index (κ3) is 5.31. The van der Waals surface area contributed by atoms with Gasteiger partial charge >= 0.3 is 12.1 Å². The largest absolute Gasteiger partial charge is 0.461 e. The van der Waals surface area contributed by atoms with Crippen molar-refractivity contribution in [1.29, 1.82) is 0 Å². The van der Waals surface area contributed by atoms with E-state index < -0.39 is 11.6 Å².